The molecule has 1 aromatic rings. The molecule has 0 aromatic heterocycles. The highest BCUT2D eigenvalue weighted by atomic mass is 19.2. The van der Waals surface area contributed by atoms with Crippen molar-refractivity contribution in [2.24, 2.45) is 23.7 Å². The summed E-state index contributed by atoms with van der Waals surface area (Å²) in [7, 11) is 1.50. The molecule has 1 unspecified atom stereocenters. The lowest BCUT2D eigenvalue weighted by Gasteiger charge is -2.37. The van der Waals surface area contributed by atoms with Crippen molar-refractivity contribution in [2.45, 2.75) is 77.4 Å². The van der Waals surface area contributed by atoms with Gasteiger partial charge in [-0.3, -0.25) is 0 Å². The van der Waals surface area contributed by atoms with Gasteiger partial charge in [0, 0.05) is 19.1 Å². The Hall–Kier alpha value is -1.36. The normalized spacial score (nSPS) is 32.3. The fraction of sp³-hybridized carbons (Fsp3) is 0.750. The molecule has 0 amide bonds. The number of fused-ring (bicyclic) bond motifs is 1. The smallest absolute Gasteiger partial charge is 0.204 e. The maximum Gasteiger partial charge on any atom is 0.204 e. The van der Waals surface area contributed by atoms with Crippen LogP contribution in [0, 0.1) is 35.3 Å². The van der Waals surface area contributed by atoms with E-state index in [4.69, 9.17) is 14.2 Å². The van der Waals surface area contributed by atoms with Crippen molar-refractivity contribution in [2.75, 3.05) is 13.7 Å². The molecule has 29 heavy (non-hydrogen) atoms. The van der Waals surface area contributed by atoms with E-state index in [1.165, 1.54) is 45.6 Å². The Morgan fingerprint density at radius 2 is 1.59 bits per heavy atom. The van der Waals surface area contributed by atoms with E-state index in [0.717, 1.165) is 30.6 Å². The molecule has 2 aliphatic carbocycles. The standard InChI is InChI=1S/C24H34F2O3/c1-15-3-7-17(8-4-15)18-9-5-16(6-10-18)14-28-20-13-19-11-12-21(27-2)29-24(19)23(26)22(20)25/h13,15-18,21H,3-12,14H2,1-2H3. The Balaban J connectivity index is 1.30. The monoisotopic (exact) mass is 408 g/mol. The summed E-state index contributed by atoms with van der Waals surface area (Å²) in [6.07, 6.45) is 11.0. The number of benzene rings is 1. The van der Waals surface area contributed by atoms with Crippen LogP contribution in [-0.2, 0) is 11.2 Å². The van der Waals surface area contributed by atoms with Crippen molar-refractivity contribution < 1.29 is 23.0 Å². The van der Waals surface area contributed by atoms with Crippen molar-refractivity contribution in [3.8, 4) is 11.5 Å². The highest BCUT2D eigenvalue weighted by molar-refractivity contribution is 5.44. The van der Waals surface area contributed by atoms with Gasteiger partial charge in [0.05, 0.1) is 6.61 Å². The van der Waals surface area contributed by atoms with E-state index in [2.05, 4.69) is 6.92 Å². The summed E-state index contributed by atoms with van der Waals surface area (Å²) in [5.41, 5.74) is 0.655. The molecular formula is C24H34F2O3. The molecule has 0 N–H and O–H groups in total. The summed E-state index contributed by atoms with van der Waals surface area (Å²) in [6.45, 7) is 2.83. The predicted octanol–water partition coefficient (Wildman–Crippen LogP) is 6.27. The lowest BCUT2D eigenvalue weighted by Crippen LogP contribution is -2.27. The molecule has 3 nitrogen and oxygen atoms in total. The van der Waals surface area contributed by atoms with Crippen LogP contribution in [0.5, 0.6) is 11.5 Å². The van der Waals surface area contributed by atoms with Crippen molar-refractivity contribution in [3.05, 3.63) is 23.3 Å². The average Bonchev–Trinajstić information content (AvgIpc) is 2.76. The van der Waals surface area contributed by atoms with Crippen LogP contribution in [0.2, 0.25) is 0 Å². The zero-order valence-electron chi connectivity index (χ0n) is 17.7. The minimum atomic E-state index is -0.963. The second-order valence-corrected chi connectivity index (χ2v) is 9.42. The molecule has 0 radical (unpaired) electrons. The molecule has 0 bridgehead atoms. The molecule has 1 aliphatic heterocycles. The highest BCUT2D eigenvalue weighted by Gasteiger charge is 2.31. The number of aryl methyl sites for hydroxylation is 1. The number of ether oxygens (including phenoxy) is 3. The van der Waals surface area contributed by atoms with Gasteiger partial charge in [0.15, 0.2) is 17.8 Å². The van der Waals surface area contributed by atoms with Gasteiger partial charge in [-0.05, 0) is 74.7 Å². The van der Waals surface area contributed by atoms with Crippen molar-refractivity contribution in [1.29, 1.82) is 0 Å². The molecule has 1 atom stereocenters. The Kier molecular flexibility index (Phi) is 6.63. The predicted molar refractivity (Wildman–Crippen MR) is 108 cm³/mol. The summed E-state index contributed by atoms with van der Waals surface area (Å²) in [4.78, 5) is 0. The van der Waals surface area contributed by atoms with Gasteiger partial charge < -0.3 is 14.2 Å². The van der Waals surface area contributed by atoms with E-state index in [9.17, 15) is 8.78 Å². The van der Waals surface area contributed by atoms with E-state index in [-0.39, 0.29) is 11.5 Å². The van der Waals surface area contributed by atoms with Crippen molar-refractivity contribution >= 4 is 0 Å². The third-order valence-electron chi connectivity index (χ3n) is 7.46. The first-order chi connectivity index (χ1) is 14.0. The van der Waals surface area contributed by atoms with Gasteiger partial charge in [-0.15, -0.1) is 0 Å². The fourth-order valence-electron chi connectivity index (χ4n) is 5.47. The van der Waals surface area contributed by atoms with Crippen molar-refractivity contribution in [1.82, 2.24) is 0 Å². The molecular weight excluding hydrogens is 374 g/mol. The average molecular weight is 409 g/mol. The van der Waals surface area contributed by atoms with E-state index < -0.39 is 17.9 Å². The quantitative estimate of drug-likeness (QED) is 0.574. The van der Waals surface area contributed by atoms with E-state index in [0.29, 0.717) is 30.9 Å². The fourth-order valence-corrected chi connectivity index (χ4v) is 5.47. The molecule has 0 saturated heterocycles. The van der Waals surface area contributed by atoms with E-state index >= 15 is 0 Å². The topological polar surface area (TPSA) is 27.7 Å². The van der Waals surface area contributed by atoms with Crippen LogP contribution in [0.3, 0.4) is 0 Å². The third kappa shape index (κ3) is 4.70. The number of rotatable bonds is 5. The molecule has 5 heteroatoms. The van der Waals surface area contributed by atoms with Gasteiger partial charge in [-0.25, -0.2) is 0 Å². The van der Waals surface area contributed by atoms with Crippen LogP contribution in [0.25, 0.3) is 0 Å². The molecule has 2 fully saturated rings. The molecule has 2 saturated carbocycles. The Labute approximate surface area is 173 Å². The Morgan fingerprint density at radius 3 is 2.24 bits per heavy atom. The molecule has 162 valence electrons. The summed E-state index contributed by atoms with van der Waals surface area (Å²) in [5, 5.41) is 0. The molecule has 1 heterocycles. The van der Waals surface area contributed by atoms with Crippen LogP contribution in [0.15, 0.2) is 6.07 Å². The minimum absolute atomic E-state index is 0.0177. The number of halogens is 2. The third-order valence-corrected chi connectivity index (χ3v) is 7.46. The maximum atomic E-state index is 14.5. The lowest BCUT2D eigenvalue weighted by atomic mass is 9.69. The second kappa shape index (κ2) is 9.20. The Morgan fingerprint density at radius 1 is 0.931 bits per heavy atom. The van der Waals surface area contributed by atoms with E-state index in [1.807, 2.05) is 0 Å². The first-order valence-corrected chi connectivity index (χ1v) is 11.4. The van der Waals surface area contributed by atoms with Gasteiger partial charge in [-0.1, -0.05) is 19.8 Å². The number of hydrogen-bond donors (Lipinski definition) is 0. The second-order valence-electron chi connectivity index (χ2n) is 9.42. The first-order valence-electron chi connectivity index (χ1n) is 11.4. The summed E-state index contributed by atoms with van der Waals surface area (Å²) in [5.74, 6) is 1.15. The zero-order chi connectivity index (χ0) is 20.4. The van der Waals surface area contributed by atoms with Crippen LogP contribution in [0.4, 0.5) is 8.78 Å². The van der Waals surface area contributed by atoms with E-state index in [1.54, 1.807) is 6.07 Å². The molecule has 1 aromatic carbocycles. The van der Waals surface area contributed by atoms with Gasteiger partial charge in [0.1, 0.15) is 0 Å². The summed E-state index contributed by atoms with van der Waals surface area (Å²) >= 11 is 0. The highest BCUT2D eigenvalue weighted by Crippen LogP contribution is 2.42. The molecule has 0 spiro atoms. The van der Waals surface area contributed by atoms with Crippen LogP contribution in [0.1, 0.15) is 70.3 Å². The van der Waals surface area contributed by atoms with Gasteiger partial charge >= 0.3 is 0 Å². The zero-order valence-corrected chi connectivity index (χ0v) is 17.7. The minimum Gasteiger partial charge on any atom is -0.490 e. The van der Waals surface area contributed by atoms with Gasteiger partial charge in [0.25, 0.3) is 0 Å². The number of methoxy groups -OCH3 is 1. The van der Waals surface area contributed by atoms with Crippen LogP contribution >= 0.6 is 0 Å². The number of hydrogen-bond acceptors (Lipinski definition) is 3. The summed E-state index contributed by atoms with van der Waals surface area (Å²) in [6, 6.07) is 1.61. The molecule has 3 aliphatic rings. The van der Waals surface area contributed by atoms with Crippen LogP contribution < -0.4 is 9.47 Å². The van der Waals surface area contributed by atoms with Crippen molar-refractivity contribution in [3.63, 3.8) is 0 Å². The van der Waals surface area contributed by atoms with Gasteiger partial charge in [0.2, 0.25) is 11.6 Å². The summed E-state index contributed by atoms with van der Waals surface area (Å²) < 4.78 is 45.3. The van der Waals surface area contributed by atoms with Crippen LogP contribution in [-0.4, -0.2) is 20.0 Å². The van der Waals surface area contributed by atoms with Gasteiger partial charge in [-0.2, -0.15) is 8.78 Å². The Bertz CT molecular complexity index is 692. The molecule has 4 rings (SSSR count). The first kappa shape index (κ1) is 20.9. The maximum absolute atomic E-state index is 14.5. The lowest BCUT2D eigenvalue weighted by molar-refractivity contribution is -0.0679. The SMILES string of the molecule is COC1CCc2cc(OCC3CCC(C4CCC(C)CC4)CC3)c(F)c(F)c2O1. The largest absolute Gasteiger partial charge is 0.490 e.